The number of carbonyl (C=O) groups is 3. The van der Waals surface area contributed by atoms with E-state index >= 15 is 0 Å². The van der Waals surface area contributed by atoms with Crippen molar-refractivity contribution in [2.75, 3.05) is 32.8 Å². The highest BCUT2D eigenvalue weighted by Crippen LogP contribution is 2.58. The van der Waals surface area contributed by atoms with Gasteiger partial charge in [0.1, 0.15) is 11.9 Å². The molecule has 3 atom stereocenters. The first-order chi connectivity index (χ1) is 19.6. The van der Waals surface area contributed by atoms with Crippen LogP contribution in [0.15, 0.2) is 82.3 Å². The maximum absolute atomic E-state index is 14.3. The molecule has 0 aromatic heterocycles. The van der Waals surface area contributed by atoms with Crippen LogP contribution in [0.5, 0.6) is 0 Å². The van der Waals surface area contributed by atoms with Crippen LogP contribution >= 0.6 is 0 Å². The standard InChI is InChI=1S/C29H29N3O8S/c1-6-15-31-20-10-8-7-9-19(20)29-16-21(25(33)38-3)32(41(36,37)18-13-11-17(2)12-14-18)28(29)30-23(27(35)40-5)22(24(29)31)26(34)39-4/h6-14,21,24H,1,15-16H2,2-5H3/t21-,24-,29-/m0/s1. The first-order valence-corrected chi connectivity index (χ1v) is 14.2. The van der Waals surface area contributed by atoms with Crippen molar-refractivity contribution in [2.45, 2.75) is 35.7 Å². The monoisotopic (exact) mass is 579 g/mol. The van der Waals surface area contributed by atoms with E-state index in [1.807, 2.05) is 17.9 Å². The number of ether oxygens (including phenoxy) is 3. The van der Waals surface area contributed by atoms with Gasteiger partial charge in [-0.3, -0.25) is 0 Å². The van der Waals surface area contributed by atoms with Crippen LogP contribution in [0.1, 0.15) is 17.5 Å². The van der Waals surface area contributed by atoms with Gasteiger partial charge in [0.2, 0.25) is 0 Å². The number of amidine groups is 1. The normalized spacial score (nSPS) is 22.8. The van der Waals surface area contributed by atoms with Crippen LogP contribution in [0.2, 0.25) is 0 Å². The molecule has 0 saturated carbocycles. The first kappa shape index (κ1) is 28.1. The fourth-order valence-corrected chi connectivity index (χ4v) is 7.76. The number of hydrogen-bond acceptors (Lipinski definition) is 10. The summed E-state index contributed by atoms with van der Waals surface area (Å²) in [4.78, 5) is 46.2. The molecule has 0 bridgehead atoms. The highest BCUT2D eigenvalue weighted by Gasteiger charge is 2.68. The van der Waals surface area contributed by atoms with Gasteiger partial charge in [0.15, 0.2) is 5.70 Å². The van der Waals surface area contributed by atoms with Crippen LogP contribution in [0, 0.1) is 6.92 Å². The summed E-state index contributed by atoms with van der Waals surface area (Å²) in [5, 5.41) is 0. The SMILES string of the molecule is C=CCN1c2ccccc2[C@]23C[C@@H](C(=O)OC)N(S(=O)(=O)c4ccc(C)cc4)C2=NC(C(=O)OC)=C(C(=O)OC)[C@H]13. The highest BCUT2D eigenvalue weighted by atomic mass is 32.2. The highest BCUT2D eigenvalue weighted by molar-refractivity contribution is 7.89. The number of esters is 3. The van der Waals surface area contributed by atoms with Crippen LogP contribution in [0.3, 0.4) is 0 Å². The first-order valence-electron chi connectivity index (χ1n) is 12.7. The van der Waals surface area contributed by atoms with Crippen LogP contribution in [-0.2, 0) is 44.0 Å². The topological polar surface area (TPSA) is 132 Å². The van der Waals surface area contributed by atoms with E-state index in [0.29, 0.717) is 11.3 Å². The van der Waals surface area contributed by atoms with Gasteiger partial charge in [0.25, 0.3) is 10.0 Å². The lowest BCUT2D eigenvalue weighted by Gasteiger charge is -2.40. The Morgan fingerprint density at radius 2 is 1.68 bits per heavy atom. The number of nitrogens with zero attached hydrogens (tertiary/aromatic N) is 3. The summed E-state index contributed by atoms with van der Waals surface area (Å²) in [5.74, 6) is -2.71. The molecule has 0 N–H and O–H groups in total. The molecule has 1 spiro atoms. The minimum atomic E-state index is -4.43. The van der Waals surface area contributed by atoms with Gasteiger partial charge in [0, 0.05) is 12.2 Å². The number of carbonyl (C=O) groups excluding carboxylic acids is 3. The molecule has 0 radical (unpaired) electrons. The molecule has 2 aromatic carbocycles. The number of aliphatic imine (C=N–C) groups is 1. The zero-order chi connectivity index (χ0) is 29.7. The lowest BCUT2D eigenvalue weighted by atomic mass is 9.69. The molecule has 0 unspecified atom stereocenters. The quantitative estimate of drug-likeness (QED) is 0.275. The minimum absolute atomic E-state index is 0.0788. The molecular weight excluding hydrogens is 550 g/mol. The fraction of sp³-hybridized carbons (Fsp3) is 0.310. The molecule has 3 aliphatic rings. The van der Waals surface area contributed by atoms with E-state index in [4.69, 9.17) is 14.2 Å². The maximum atomic E-state index is 14.3. The fourth-order valence-electron chi connectivity index (χ4n) is 6.12. The Morgan fingerprint density at radius 1 is 1.02 bits per heavy atom. The van der Waals surface area contributed by atoms with Gasteiger partial charge >= 0.3 is 17.9 Å². The van der Waals surface area contributed by atoms with E-state index in [9.17, 15) is 22.8 Å². The molecule has 5 rings (SSSR count). The summed E-state index contributed by atoms with van der Waals surface area (Å²) in [5.41, 5.74) is 0.245. The predicted octanol–water partition coefficient (Wildman–Crippen LogP) is 2.26. The molecule has 2 aromatic rings. The van der Waals surface area contributed by atoms with E-state index in [2.05, 4.69) is 11.6 Å². The van der Waals surface area contributed by atoms with Gasteiger partial charge in [-0.2, -0.15) is 0 Å². The molecule has 12 heteroatoms. The molecule has 41 heavy (non-hydrogen) atoms. The lowest BCUT2D eigenvalue weighted by molar-refractivity contribution is -0.144. The molecule has 1 saturated heterocycles. The van der Waals surface area contributed by atoms with Crippen molar-refractivity contribution in [3.05, 3.63) is 83.6 Å². The second kappa shape index (κ2) is 10.2. The minimum Gasteiger partial charge on any atom is -0.467 e. The molecule has 0 aliphatic carbocycles. The summed E-state index contributed by atoms with van der Waals surface area (Å²) in [6.45, 7) is 5.90. The summed E-state index contributed by atoms with van der Waals surface area (Å²) in [6.07, 6.45) is 1.51. The van der Waals surface area contributed by atoms with Crippen molar-refractivity contribution in [3.63, 3.8) is 0 Å². The third-order valence-electron chi connectivity index (χ3n) is 7.79. The molecular formula is C29H29N3O8S. The number of hydrogen-bond donors (Lipinski definition) is 0. The maximum Gasteiger partial charge on any atom is 0.357 e. The zero-order valence-corrected chi connectivity index (χ0v) is 23.8. The lowest BCUT2D eigenvalue weighted by Crippen LogP contribution is -2.55. The Labute approximate surface area is 237 Å². The van der Waals surface area contributed by atoms with Crippen molar-refractivity contribution in [1.29, 1.82) is 0 Å². The second-order valence-electron chi connectivity index (χ2n) is 9.87. The summed E-state index contributed by atoms with van der Waals surface area (Å²) in [6, 6.07) is 11.0. The van der Waals surface area contributed by atoms with Crippen LogP contribution in [0.4, 0.5) is 5.69 Å². The van der Waals surface area contributed by atoms with Crippen molar-refractivity contribution in [3.8, 4) is 0 Å². The average Bonchev–Trinajstić information content (AvgIpc) is 3.48. The Bertz CT molecular complexity index is 1630. The number of anilines is 1. The van der Waals surface area contributed by atoms with Crippen LogP contribution in [0.25, 0.3) is 0 Å². The largest absolute Gasteiger partial charge is 0.467 e. The number of fused-ring (bicyclic) bond motifs is 1. The Balaban J connectivity index is 1.90. The van der Waals surface area contributed by atoms with E-state index < -0.39 is 51.1 Å². The average molecular weight is 580 g/mol. The number of methoxy groups -OCH3 is 3. The van der Waals surface area contributed by atoms with Crippen LogP contribution < -0.4 is 4.90 Å². The zero-order valence-electron chi connectivity index (χ0n) is 23.0. The number of aryl methyl sites for hydroxylation is 1. The third-order valence-corrected chi connectivity index (χ3v) is 9.60. The number of para-hydroxylation sites is 1. The molecule has 11 nitrogen and oxygen atoms in total. The van der Waals surface area contributed by atoms with Gasteiger partial charge in [-0.05, 0) is 37.1 Å². The Kier molecular flexibility index (Phi) is 6.98. The molecule has 3 heterocycles. The van der Waals surface area contributed by atoms with Gasteiger partial charge in [0.05, 0.1) is 43.3 Å². The van der Waals surface area contributed by atoms with E-state index in [-0.39, 0.29) is 29.3 Å². The Hall–Kier alpha value is -4.45. The molecule has 1 fully saturated rings. The number of rotatable bonds is 7. The van der Waals surface area contributed by atoms with Gasteiger partial charge in [-0.1, -0.05) is 42.0 Å². The summed E-state index contributed by atoms with van der Waals surface area (Å²) >= 11 is 0. The van der Waals surface area contributed by atoms with Crippen molar-refractivity contribution in [1.82, 2.24) is 4.31 Å². The Morgan fingerprint density at radius 3 is 2.29 bits per heavy atom. The van der Waals surface area contributed by atoms with Gasteiger partial charge in [-0.15, -0.1) is 6.58 Å². The van der Waals surface area contributed by atoms with E-state index in [1.165, 1.54) is 26.4 Å². The molecule has 3 aliphatic heterocycles. The predicted molar refractivity (Wildman–Crippen MR) is 149 cm³/mol. The summed E-state index contributed by atoms with van der Waals surface area (Å²) in [7, 11) is -0.959. The van der Waals surface area contributed by atoms with Crippen molar-refractivity contribution in [2.24, 2.45) is 4.99 Å². The second-order valence-corrected chi connectivity index (χ2v) is 11.7. The van der Waals surface area contributed by atoms with Crippen molar-refractivity contribution < 1.29 is 37.0 Å². The molecule has 0 amide bonds. The molecule has 214 valence electrons. The van der Waals surface area contributed by atoms with Crippen LogP contribution in [-0.4, -0.2) is 76.4 Å². The van der Waals surface area contributed by atoms with E-state index in [0.717, 1.165) is 17.0 Å². The third kappa shape index (κ3) is 3.96. The van der Waals surface area contributed by atoms with Gasteiger partial charge in [-0.25, -0.2) is 32.1 Å². The number of sulfonamides is 1. The van der Waals surface area contributed by atoms with Gasteiger partial charge < -0.3 is 19.1 Å². The smallest absolute Gasteiger partial charge is 0.357 e. The van der Waals surface area contributed by atoms with E-state index in [1.54, 1.807) is 36.4 Å². The number of benzene rings is 2. The van der Waals surface area contributed by atoms with Crippen molar-refractivity contribution >= 4 is 39.5 Å². The summed E-state index contributed by atoms with van der Waals surface area (Å²) < 4.78 is 44.8.